The van der Waals surface area contributed by atoms with Gasteiger partial charge >= 0.3 is 6.18 Å². The maximum Gasteiger partial charge on any atom is 0.416 e. The number of Topliss-reactive ketones (excluding diaryl/α,β-unsaturated/α-hetero) is 1. The number of H-pyrrole nitrogens is 1. The summed E-state index contributed by atoms with van der Waals surface area (Å²) < 4.78 is 52.2. The average Bonchev–Trinajstić information content (AvgIpc) is 3.10. The van der Waals surface area contributed by atoms with E-state index in [0.29, 0.717) is 18.5 Å². The minimum absolute atomic E-state index is 0.0313. The second-order valence-electron chi connectivity index (χ2n) is 8.95. The first-order chi connectivity index (χ1) is 14.3. The van der Waals surface area contributed by atoms with Crippen LogP contribution in [0.1, 0.15) is 61.1 Å². The fourth-order valence-electron chi connectivity index (χ4n) is 3.77. The van der Waals surface area contributed by atoms with Gasteiger partial charge in [-0.05, 0) is 35.4 Å². The van der Waals surface area contributed by atoms with Crippen LogP contribution in [0.25, 0.3) is 0 Å². The standard InChI is InChI=1S/C22H25F4N3O2/c1-21(2,3)16(13-4-6-14(7-5-13)22(24,25)26)10-18(30)17-11-19(31)28-20(27-17)29-9-8-15(23)12-29/h4-7,11,15-16H,8-10,12H2,1-3H3,(H,27,28,31)/t15-,16-/m0/s1. The zero-order valence-corrected chi connectivity index (χ0v) is 17.6. The van der Waals surface area contributed by atoms with E-state index in [1.54, 1.807) is 4.90 Å². The van der Waals surface area contributed by atoms with E-state index in [9.17, 15) is 27.2 Å². The van der Waals surface area contributed by atoms with Crippen LogP contribution in [0.15, 0.2) is 35.1 Å². The summed E-state index contributed by atoms with van der Waals surface area (Å²) >= 11 is 0. The van der Waals surface area contributed by atoms with Gasteiger partial charge in [-0.1, -0.05) is 32.9 Å². The highest BCUT2D eigenvalue weighted by Crippen LogP contribution is 2.39. The fraction of sp³-hybridized carbons (Fsp3) is 0.500. The fourth-order valence-corrected chi connectivity index (χ4v) is 3.77. The predicted molar refractivity (Wildman–Crippen MR) is 109 cm³/mol. The Morgan fingerprint density at radius 2 is 1.87 bits per heavy atom. The van der Waals surface area contributed by atoms with Crippen LogP contribution in [-0.4, -0.2) is 35.0 Å². The molecule has 1 aliphatic rings. The molecule has 1 N–H and O–H groups in total. The summed E-state index contributed by atoms with van der Waals surface area (Å²) in [6.07, 6.45) is -5.17. The number of hydrogen-bond acceptors (Lipinski definition) is 4. The molecule has 168 valence electrons. The van der Waals surface area contributed by atoms with Crippen LogP contribution in [0, 0.1) is 5.41 Å². The highest BCUT2D eigenvalue weighted by Gasteiger charge is 2.33. The van der Waals surface area contributed by atoms with E-state index in [1.807, 2.05) is 20.8 Å². The first-order valence-corrected chi connectivity index (χ1v) is 10.1. The highest BCUT2D eigenvalue weighted by atomic mass is 19.4. The second-order valence-corrected chi connectivity index (χ2v) is 8.95. The molecule has 0 saturated carbocycles. The number of benzene rings is 1. The number of alkyl halides is 4. The van der Waals surface area contributed by atoms with Gasteiger partial charge in [-0.15, -0.1) is 0 Å². The van der Waals surface area contributed by atoms with Crippen LogP contribution in [0.4, 0.5) is 23.5 Å². The van der Waals surface area contributed by atoms with Crippen LogP contribution in [0.5, 0.6) is 0 Å². The Morgan fingerprint density at radius 3 is 2.39 bits per heavy atom. The molecular weight excluding hydrogens is 414 g/mol. The third-order valence-electron chi connectivity index (χ3n) is 5.52. The minimum Gasteiger partial charge on any atom is -0.339 e. The number of aromatic amines is 1. The van der Waals surface area contributed by atoms with Gasteiger partial charge in [0.2, 0.25) is 5.95 Å². The molecule has 1 saturated heterocycles. The van der Waals surface area contributed by atoms with Gasteiger partial charge in [0.25, 0.3) is 5.56 Å². The Hall–Kier alpha value is -2.71. The van der Waals surface area contributed by atoms with E-state index in [-0.39, 0.29) is 24.6 Å². The van der Waals surface area contributed by atoms with E-state index >= 15 is 0 Å². The van der Waals surface area contributed by atoms with Crippen molar-refractivity contribution in [1.82, 2.24) is 9.97 Å². The molecule has 2 heterocycles. The molecule has 0 aliphatic carbocycles. The lowest BCUT2D eigenvalue weighted by Gasteiger charge is -2.31. The Kier molecular flexibility index (Phi) is 6.25. The second kappa shape index (κ2) is 8.43. The van der Waals surface area contributed by atoms with E-state index in [0.717, 1.165) is 18.2 Å². The van der Waals surface area contributed by atoms with Crippen molar-refractivity contribution < 1.29 is 22.4 Å². The molecule has 0 amide bonds. The Balaban J connectivity index is 1.86. The molecule has 1 fully saturated rings. The molecule has 3 rings (SSSR count). The molecule has 1 aliphatic heterocycles. The quantitative estimate of drug-likeness (QED) is 0.540. The van der Waals surface area contributed by atoms with E-state index in [1.165, 1.54) is 12.1 Å². The van der Waals surface area contributed by atoms with Crippen molar-refractivity contribution in [2.45, 2.75) is 51.9 Å². The summed E-state index contributed by atoms with van der Waals surface area (Å²) in [5.74, 6) is -0.644. The highest BCUT2D eigenvalue weighted by molar-refractivity contribution is 5.95. The summed E-state index contributed by atoms with van der Waals surface area (Å²) in [4.78, 5) is 33.4. The Bertz CT molecular complexity index is 994. The van der Waals surface area contributed by atoms with Crippen molar-refractivity contribution >= 4 is 11.7 Å². The first kappa shape index (κ1) is 23.0. The molecule has 31 heavy (non-hydrogen) atoms. The van der Waals surface area contributed by atoms with Crippen molar-refractivity contribution in [1.29, 1.82) is 0 Å². The van der Waals surface area contributed by atoms with Crippen LogP contribution in [0.2, 0.25) is 0 Å². The van der Waals surface area contributed by atoms with Gasteiger partial charge < -0.3 is 4.90 Å². The third kappa shape index (κ3) is 5.51. The lowest BCUT2D eigenvalue weighted by Crippen LogP contribution is -2.27. The average molecular weight is 439 g/mol. The Labute approximate surface area is 177 Å². The molecule has 2 atom stereocenters. The molecular formula is C22H25F4N3O2. The molecule has 0 radical (unpaired) electrons. The van der Waals surface area contributed by atoms with Crippen molar-refractivity contribution in [3.8, 4) is 0 Å². The molecule has 9 heteroatoms. The van der Waals surface area contributed by atoms with Gasteiger partial charge in [0.05, 0.1) is 12.1 Å². The third-order valence-corrected chi connectivity index (χ3v) is 5.52. The van der Waals surface area contributed by atoms with Crippen LogP contribution in [-0.2, 0) is 6.18 Å². The number of nitrogens with one attached hydrogen (secondary N) is 1. The number of aromatic nitrogens is 2. The predicted octanol–water partition coefficient (Wildman–Crippen LogP) is 4.74. The van der Waals surface area contributed by atoms with Crippen LogP contribution in [0.3, 0.4) is 0 Å². The van der Waals surface area contributed by atoms with Crippen molar-refractivity contribution in [3.05, 3.63) is 57.5 Å². The zero-order chi connectivity index (χ0) is 23.0. The number of hydrogen-bond donors (Lipinski definition) is 1. The monoisotopic (exact) mass is 439 g/mol. The molecule has 2 aromatic rings. The molecule has 5 nitrogen and oxygen atoms in total. The Morgan fingerprint density at radius 1 is 1.23 bits per heavy atom. The van der Waals surface area contributed by atoms with E-state index < -0.39 is 40.6 Å². The number of nitrogens with zero attached hydrogens (tertiary/aromatic N) is 2. The summed E-state index contributed by atoms with van der Waals surface area (Å²) in [6, 6.07) is 5.87. The van der Waals surface area contributed by atoms with Gasteiger partial charge in [-0.25, -0.2) is 9.37 Å². The SMILES string of the molecule is CC(C)(C)[C@@H](CC(=O)c1cc(=O)[nH]c(N2CC[C@H](F)C2)n1)c1ccc(C(F)(F)F)cc1. The van der Waals surface area contributed by atoms with Gasteiger partial charge in [0, 0.05) is 19.0 Å². The van der Waals surface area contributed by atoms with Crippen molar-refractivity contribution in [3.63, 3.8) is 0 Å². The topological polar surface area (TPSA) is 66.1 Å². The van der Waals surface area contributed by atoms with E-state index in [2.05, 4.69) is 9.97 Å². The zero-order valence-electron chi connectivity index (χ0n) is 17.6. The number of carbonyl (C=O) groups is 1. The lowest BCUT2D eigenvalue weighted by atomic mass is 9.73. The van der Waals surface area contributed by atoms with Gasteiger partial charge in [0.15, 0.2) is 5.78 Å². The van der Waals surface area contributed by atoms with Crippen molar-refractivity contribution in [2.24, 2.45) is 5.41 Å². The number of anilines is 1. The molecule has 0 bridgehead atoms. The van der Waals surface area contributed by atoms with Crippen LogP contribution >= 0.6 is 0 Å². The summed E-state index contributed by atoms with van der Waals surface area (Å²) in [6.45, 7) is 6.16. The summed E-state index contributed by atoms with van der Waals surface area (Å²) in [5, 5.41) is 0. The molecule has 0 unspecified atom stereocenters. The van der Waals surface area contributed by atoms with Crippen LogP contribution < -0.4 is 10.5 Å². The number of rotatable bonds is 5. The minimum atomic E-state index is -4.44. The van der Waals surface area contributed by atoms with Gasteiger partial charge in [-0.2, -0.15) is 13.2 Å². The van der Waals surface area contributed by atoms with Gasteiger partial charge in [0.1, 0.15) is 11.9 Å². The summed E-state index contributed by atoms with van der Waals surface area (Å²) in [7, 11) is 0. The first-order valence-electron chi connectivity index (χ1n) is 10.1. The van der Waals surface area contributed by atoms with Crippen molar-refractivity contribution in [2.75, 3.05) is 18.0 Å². The number of halogens is 4. The molecule has 1 aromatic heterocycles. The normalized spacial score (nSPS) is 18.3. The molecule has 0 spiro atoms. The van der Waals surface area contributed by atoms with Gasteiger partial charge in [-0.3, -0.25) is 14.6 Å². The number of ketones is 1. The van der Waals surface area contributed by atoms with E-state index in [4.69, 9.17) is 0 Å². The number of carbonyl (C=O) groups excluding carboxylic acids is 1. The lowest BCUT2D eigenvalue weighted by molar-refractivity contribution is -0.137. The molecule has 1 aromatic carbocycles. The summed E-state index contributed by atoms with van der Waals surface area (Å²) in [5.41, 5.74) is -1.15. The maximum atomic E-state index is 13.5. The maximum absolute atomic E-state index is 13.5. The smallest absolute Gasteiger partial charge is 0.339 e. The largest absolute Gasteiger partial charge is 0.416 e.